The monoisotopic (exact) mass is 487 g/mol. The van der Waals surface area contributed by atoms with Crippen molar-refractivity contribution in [2.24, 2.45) is 0 Å². The summed E-state index contributed by atoms with van der Waals surface area (Å²) in [6.07, 6.45) is 5.01. The van der Waals surface area contributed by atoms with Crippen LogP contribution in [0, 0.1) is 13.8 Å². The fourth-order valence-electron chi connectivity index (χ4n) is 3.42. The van der Waals surface area contributed by atoms with Crippen LogP contribution in [0.4, 0.5) is 17.2 Å². The minimum atomic E-state index is -3.76. The number of aryl methyl sites for hydroxylation is 2. The third-order valence-corrected chi connectivity index (χ3v) is 6.45. The smallest absolute Gasteiger partial charge is 0.261 e. The van der Waals surface area contributed by atoms with E-state index in [0.29, 0.717) is 34.7 Å². The Morgan fingerprint density at radius 1 is 0.914 bits per heavy atom. The van der Waals surface area contributed by atoms with Crippen molar-refractivity contribution in [2.75, 3.05) is 10.0 Å². The first kappa shape index (κ1) is 22.3. The fraction of sp³-hybridized carbons (Fsp3) is 0.0833. The lowest BCUT2D eigenvalue weighted by atomic mass is 10.2. The van der Waals surface area contributed by atoms with Crippen LogP contribution in [0.3, 0.4) is 0 Å². The number of anilines is 3. The van der Waals surface area contributed by atoms with Crippen molar-refractivity contribution in [3.63, 3.8) is 0 Å². The number of sulfonamides is 1. The lowest BCUT2D eigenvalue weighted by molar-refractivity contribution is 0.521. The molecule has 0 aliphatic rings. The van der Waals surface area contributed by atoms with E-state index in [4.69, 9.17) is 4.42 Å². The number of aromatic nitrogens is 5. The second-order valence-electron chi connectivity index (χ2n) is 7.69. The SMILES string of the molecule is Cc1nc(Nc2ccc(NS(=O)(=O)c3ccc(-c4coc(C)n4)cc3)cc2)cc(-n2cccn2)n1. The van der Waals surface area contributed by atoms with Gasteiger partial charge in [0.25, 0.3) is 10.0 Å². The Bertz CT molecular complexity index is 1560. The van der Waals surface area contributed by atoms with Gasteiger partial charge in [0.15, 0.2) is 11.7 Å². The normalized spacial score (nSPS) is 11.4. The Kier molecular flexibility index (Phi) is 5.75. The highest BCUT2D eigenvalue weighted by molar-refractivity contribution is 7.92. The second kappa shape index (κ2) is 9.03. The Morgan fingerprint density at radius 3 is 2.31 bits per heavy atom. The van der Waals surface area contributed by atoms with Crippen LogP contribution in [0.25, 0.3) is 17.1 Å². The van der Waals surface area contributed by atoms with Gasteiger partial charge in [0.05, 0.1) is 4.90 Å². The number of nitrogens with zero attached hydrogens (tertiary/aromatic N) is 5. The predicted octanol–water partition coefficient (Wildman–Crippen LogP) is 4.48. The van der Waals surface area contributed by atoms with Crippen LogP contribution in [0.15, 0.2) is 88.6 Å². The highest BCUT2D eigenvalue weighted by Crippen LogP contribution is 2.24. The van der Waals surface area contributed by atoms with Gasteiger partial charge in [-0.15, -0.1) is 0 Å². The van der Waals surface area contributed by atoms with Crippen molar-refractivity contribution < 1.29 is 12.8 Å². The van der Waals surface area contributed by atoms with Gasteiger partial charge in [-0.1, -0.05) is 12.1 Å². The number of hydrogen-bond donors (Lipinski definition) is 2. The van der Waals surface area contributed by atoms with Gasteiger partial charge in [-0.3, -0.25) is 4.72 Å². The van der Waals surface area contributed by atoms with E-state index in [-0.39, 0.29) is 4.90 Å². The molecule has 10 nitrogen and oxygen atoms in total. The average Bonchev–Trinajstić information content (AvgIpc) is 3.52. The summed E-state index contributed by atoms with van der Waals surface area (Å²) in [4.78, 5) is 13.2. The van der Waals surface area contributed by atoms with Crippen LogP contribution in [-0.4, -0.2) is 33.2 Å². The Balaban J connectivity index is 1.28. The topological polar surface area (TPSA) is 128 Å². The molecule has 0 saturated heterocycles. The standard InChI is InChI=1S/C24H21N7O3S/c1-16-26-23(14-24(27-16)31-13-3-12-25-31)29-19-6-8-20(9-7-19)30-35(32,33)21-10-4-18(5-11-21)22-15-34-17(2)28-22/h3-15,30H,1-2H3,(H,26,27,29). The molecule has 0 spiro atoms. The first-order valence-corrected chi connectivity index (χ1v) is 12.1. The second-order valence-corrected chi connectivity index (χ2v) is 9.38. The van der Waals surface area contributed by atoms with E-state index >= 15 is 0 Å². The predicted molar refractivity (Wildman–Crippen MR) is 131 cm³/mol. The molecule has 5 rings (SSSR count). The molecule has 3 aromatic heterocycles. The van der Waals surface area contributed by atoms with Gasteiger partial charge in [0.2, 0.25) is 0 Å². The van der Waals surface area contributed by atoms with Crippen LogP contribution in [-0.2, 0) is 10.0 Å². The molecule has 0 amide bonds. The number of benzene rings is 2. The molecule has 0 radical (unpaired) electrons. The number of hydrogen-bond acceptors (Lipinski definition) is 8. The van der Waals surface area contributed by atoms with Gasteiger partial charge in [-0.05, 0) is 49.4 Å². The summed E-state index contributed by atoms with van der Waals surface area (Å²) < 4.78 is 35.1. The van der Waals surface area contributed by atoms with E-state index in [1.165, 1.54) is 18.4 Å². The molecule has 2 N–H and O–H groups in total. The van der Waals surface area contributed by atoms with Gasteiger partial charge in [0, 0.05) is 42.3 Å². The molecular weight excluding hydrogens is 466 g/mol. The largest absolute Gasteiger partial charge is 0.449 e. The summed E-state index contributed by atoms with van der Waals surface area (Å²) in [6.45, 7) is 3.55. The Morgan fingerprint density at radius 2 is 1.66 bits per heavy atom. The highest BCUT2D eigenvalue weighted by atomic mass is 32.2. The zero-order valence-corrected chi connectivity index (χ0v) is 19.7. The van der Waals surface area contributed by atoms with Crippen LogP contribution >= 0.6 is 0 Å². The molecule has 0 fully saturated rings. The van der Waals surface area contributed by atoms with E-state index in [2.05, 4.69) is 30.1 Å². The van der Waals surface area contributed by atoms with Crippen molar-refractivity contribution in [1.29, 1.82) is 0 Å². The molecule has 5 aromatic rings. The van der Waals surface area contributed by atoms with Crippen molar-refractivity contribution in [3.05, 3.63) is 91.0 Å². The van der Waals surface area contributed by atoms with E-state index < -0.39 is 10.0 Å². The van der Waals surface area contributed by atoms with E-state index in [1.807, 2.05) is 6.07 Å². The third kappa shape index (κ3) is 5.04. The van der Waals surface area contributed by atoms with Crippen LogP contribution < -0.4 is 10.0 Å². The molecule has 2 aromatic carbocycles. The van der Waals surface area contributed by atoms with Crippen molar-refractivity contribution in [3.8, 4) is 17.1 Å². The Hall–Kier alpha value is -4.51. The summed E-state index contributed by atoms with van der Waals surface area (Å²) >= 11 is 0. The van der Waals surface area contributed by atoms with Gasteiger partial charge in [-0.25, -0.2) is 28.1 Å². The maximum atomic E-state index is 12.8. The number of nitrogens with one attached hydrogen (secondary N) is 2. The summed E-state index contributed by atoms with van der Waals surface area (Å²) in [5, 5.41) is 7.40. The average molecular weight is 488 g/mol. The zero-order chi connectivity index (χ0) is 24.4. The maximum absolute atomic E-state index is 12.8. The number of rotatable bonds is 7. The maximum Gasteiger partial charge on any atom is 0.261 e. The lowest BCUT2D eigenvalue weighted by Gasteiger charge is -2.11. The molecule has 11 heteroatoms. The summed E-state index contributed by atoms with van der Waals surface area (Å²) in [5.41, 5.74) is 2.59. The van der Waals surface area contributed by atoms with Gasteiger partial charge >= 0.3 is 0 Å². The molecule has 35 heavy (non-hydrogen) atoms. The number of oxazole rings is 1. The lowest BCUT2D eigenvalue weighted by Crippen LogP contribution is -2.12. The quantitative estimate of drug-likeness (QED) is 0.344. The molecule has 3 heterocycles. The minimum Gasteiger partial charge on any atom is -0.449 e. The van der Waals surface area contributed by atoms with Crippen LogP contribution in [0.1, 0.15) is 11.7 Å². The molecule has 176 valence electrons. The highest BCUT2D eigenvalue weighted by Gasteiger charge is 2.15. The van der Waals surface area contributed by atoms with Crippen molar-refractivity contribution in [2.45, 2.75) is 18.7 Å². The summed E-state index contributed by atoms with van der Waals surface area (Å²) in [6, 6.07) is 16.9. The van der Waals surface area contributed by atoms with Gasteiger partial charge in [0.1, 0.15) is 23.6 Å². The van der Waals surface area contributed by atoms with Crippen LogP contribution in [0.2, 0.25) is 0 Å². The van der Waals surface area contributed by atoms with Crippen molar-refractivity contribution in [1.82, 2.24) is 24.7 Å². The summed E-state index contributed by atoms with van der Waals surface area (Å²) in [5.74, 6) is 2.37. The molecule has 0 saturated carbocycles. The molecule has 0 aliphatic carbocycles. The van der Waals surface area contributed by atoms with E-state index in [1.54, 1.807) is 73.4 Å². The van der Waals surface area contributed by atoms with Gasteiger partial charge in [-0.2, -0.15) is 5.10 Å². The fourth-order valence-corrected chi connectivity index (χ4v) is 4.48. The van der Waals surface area contributed by atoms with E-state index in [9.17, 15) is 8.42 Å². The first-order chi connectivity index (χ1) is 16.9. The summed E-state index contributed by atoms with van der Waals surface area (Å²) in [7, 11) is -3.76. The molecule has 0 atom stereocenters. The van der Waals surface area contributed by atoms with E-state index in [0.717, 1.165) is 11.3 Å². The zero-order valence-electron chi connectivity index (χ0n) is 18.9. The molecule has 0 unspecified atom stereocenters. The minimum absolute atomic E-state index is 0.145. The van der Waals surface area contributed by atoms with Crippen LogP contribution in [0.5, 0.6) is 0 Å². The van der Waals surface area contributed by atoms with Crippen molar-refractivity contribution >= 4 is 27.2 Å². The molecule has 0 bridgehead atoms. The Labute approximate surface area is 201 Å². The first-order valence-electron chi connectivity index (χ1n) is 10.6. The third-order valence-electron chi connectivity index (χ3n) is 5.05. The molecular formula is C24H21N7O3S. The molecule has 0 aliphatic heterocycles. The van der Waals surface area contributed by atoms with Gasteiger partial charge < -0.3 is 9.73 Å².